The van der Waals surface area contributed by atoms with Crippen molar-refractivity contribution in [2.75, 3.05) is 20.1 Å². The van der Waals surface area contributed by atoms with Crippen molar-refractivity contribution < 1.29 is 9.53 Å². The number of fused-ring (bicyclic) bond motifs is 3. The Bertz CT molecular complexity index is 1250. The minimum absolute atomic E-state index is 0.0617. The molecular formula is C33H40N2O2. The largest absolute Gasteiger partial charge is 0.458 e. The van der Waals surface area contributed by atoms with Gasteiger partial charge in [-0.3, -0.25) is 9.78 Å². The molecular weight excluding hydrogens is 456 g/mol. The zero-order valence-electron chi connectivity index (χ0n) is 22.5. The summed E-state index contributed by atoms with van der Waals surface area (Å²) in [6.45, 7) is 5.82. The van der Waals surface area contributed by atoms with E-state index in [0.29, 0.717) is 5.92 Å². The lowest BCUT2D eigenvalue weighted by molar-refractivity contribution is -0.176. The highest BCUT2D eigenvalue weighted by Crippen LogP contribution is 2.53. The van der Waals surface area contributed by atoms with Crippen LogP contribution in [-0.4, -0.2) is 41.6 Å². The summed E-state index contributed by atoms with van der Waals surface area (Å²) in [6, 6.07) is 19.2. The van der Waals surface area contributed by atoms with Crippen LogP contribution < -0.4 is 0 Å². The van der Waals surface area contributed by atoms with Crippen LogP contribution in [0.4, 0.5) is 0 Å². The standard InChI is InChI=1S/C33H40N2O2/c1-24(2)32(36)37-33(21-26-15-16-29(33)20-31(26)25-10-5-4-6-11-25)17-19-35(3)18-9-13-28-23-34-22-27-12-7-8-14-30(27)28/h4-8,10-12,14,20,22-24,26,29H,9,13,15-19,21H2,1-3H3/t26-,29-,33+/m1/s1. The van der Waals surface area contributed by atoms with Crippen molar-refractivity contribution >= 4 is 22.3 Å². The monoisotopic (exact) mass is 496 g/mol. The molecule has 2 aromatic carbocycles. The van der Waals surface area contributed by atoms with Crippen LogP contribution in [-0.2, 0) is 16.0 Å². The maximum atomic E-state index is 12.9. The molecule has 3 atom stereocenters. The van der Waals surface area contributed by atoms with Crippen LogP contribution in [0, 0.1) is 17.8 Å². The molecule has 0 amide bonds. The van der Waals surface area contributed by atoms with Gasteiger partial charge in [0.05, 0.1) is 5.92 Å². The molecule has 0 spiro atoms. The average molecular weight is 497 g/mol. The van der Waals surface area contributed by atoms with Crippen molar-refractivity contribution in [3.8, 4) is 0 Å². The molecule has 3 aliphatic rings. The number of allylic oxidation sites excluding steroid dienone is 1. The first kappa shape index (κ1) is 25.7. The molecule has 3 aromatic rings. The number of benzene rings is 2. The van der Waals surface area contributed by atoms with E-state index in [9.17, 15) is 4.79 Å². The van der Waals surface area contributed by atoms with E-state index in [-0.39, 0.29) is 17.8 Å². The van der Waals surface area contributed by atoms with Gasteiger partial charge in [0, 0.05) is 36.7 Å². The highest BCUT2D eigenvalue weighted by Gasteiger charge is 2.50. The first-order valence-electron chi connectivity index (χ1n) is 14.0. The third-order valence-corrected chi connectivity index (χ3v) is 8.45. The Balaban J connectivity index is 1.25. The van der Waals surface area contributed by atoms with E-state index < -0.39 is 5.60 Å². The molecule has 6 rings (SSSR count). The van der Waals surface area contributed by atoms with Crippen molar-refractivity contribution in [2.45, 2.75) is 58.0 Å². The number of hydrogen-bond acceptors (Lipinski definition) is 4. The predicted molar refractivity (Wildman–Crippen MR) is 151 cm³/mol. The Hall–Kier alpha value is -2.98. The molecule has 0 radical (unpaired) electrons. The lowest BCUT2D eigenvalue weighted by atomic mass is 9.60. The Labute approximate surface area is 221 Å². The highest BCUT2D eigenvalue weighted by atomic mass is 16.6. The molecule has 0 saturated heterocycles. The lowest BCUT2D eigenvalue weighted by Gasteiger charge is -2.50. The maximum absolute atomic E-state index is 12.9. The van der Waals surface area contributed by atoms with Crippen LogP contribution in [0.15, 0.2) is 73.1 Å². The van der Waals surface area contributed by atoms with Crippen molar-refractivity contribution in [1.82, 2.24) is 9.88 Å². The molecule has 1 fully saturated rings. The molecule has 4 heteroatoms. The van der Waals surface area contributed by atoms with Crippen molar-refractivity contribution in [3.63, 3.8) is 0 Å². The summed E-state index contributed by atoms with van der Waals surface area (Å²) in [7, 11) is 2.20. The quantitative estimate of drug-likeness (QED) is 0.285. The maximum Gasteiger partial charge on any atom is 0.308 e. The minimum Gasteiger partial charge on any atom is -0.458 e. The first-order valence-corrected chi connectivity index (χ1v) is 14.0. The molecule has 194 valence electrons. The van der Waals surface area contributed by atoms with Crippen LogP contribution in [0.25, 0.3) is 16.3 Å². The van der Waals surface area contributed by atoms with Gasteiger partial charge in [-0.15, -0.1) is 0 Å². The van der Waals surface area contributed by atoms with Crippen LogP contribution >= 0.6 is 0 Å². The van der Waals surface area contributed by atoms with Gasteiger partial charge in [0.2, 0.25) is 0 Å². The van der Waals surface area contributed by atoms with Gasteiger partial charge in [-0.25, -0.2) is 0 Å². The summed E-state index contributed by atoms with van der Waals surface area (Å²) < 4.78 is 6.41. The third kappa shape index (κ3) is 5.65. The van der Waals surface area contributed by atoms with Crippen LogP contribution in [0.1, 0.15) is 57.1 Å². The molecule has 2 bridgehead atoms. The summed E-state index contributed by atoms with van der Waals surface area (Å²) in [5.41, 5.74) is 3.69. The zero-order chi connectivity index (χ0) is 25.8. The number of ether oxygens (including phenoxy) is 1. The number of aryl methyl sites for hydroxylation is 1. The van der Waals surface area contributed by atoms with E-state index in [1.54, 1.807) is 0 Å². The van der Waals surface area contributed by atoms with Gasteiger partial charge in [0.25, 0.3) is 0 Å². The van der Waals surface area contributed by atoms with Crippen LogP contribution in [0.2, 0.25) is 0 Å². The van der Waals surface area contributed by atoms with Gasteiger partial charge in [-0.05, 0) is 73.7 Å². The number of pyridine rings is 1. The van der Waals surface area contributed by atoms with Gasteiger partial charge < -0.3 is 9.64 Å². The van der Waals surface area contributed by atoms with Crippen molar-refractivity contribution in [2.24, 2.45) is 17.8 Å². The fourth-order valence-electron chi connectivity index (χ4n) is 6.31. The molecule has 4 nitrogen and oxygen atoms in total. The fraction of sp³-hybridized carbons (Fsp3) is 0.455. The smallest absolute Gasteiger partial charge is 0.308 e. The summed E-state index contributed by atoms with van der Waals surface area (Å²) in [5, 5.41) is 2.51. The van der Waals surface area contributed by atoms with Gasteiger partial charge in [-0.1, -0.05) is 74.5 Å². The number of rotatable bonds is 10. The Morgan fingerprint density at radius 1 is 1.05 bits per heavy atom. The zero-order valence-corrected chi connectivity index (χ0v) is 22.5. The summed E-state index contributed by atoms with van der Waals surface area (Å²) in [4.78, 5) is 19.7. The van der Waals surface area contributed by atoms with Gasteiger partial charge >= 0.3 is 5.97 Å². The Morgan fingerprint density at radius 2 is 1.84 bits per heavy atom. The topological polar surface area (TPSA) is 42.4 Å². The molecule has 1 heterocycles. The van der Waals surface area contributed by atoms with E-state index >= 15 is 0 Å². The van der Waals surface area contributed by atoms with E-state index in [1.165, 1.54) is 33.9 Å². The Kier molecular flexibility index (Phi) is 7.76. The second kappa shape index (κ2) is 11.2. The number of nitrogens with zero attached hydrogens (tertiary/aromatic N) is 2. The van der Waals surface area contributed by atoms with E-state index in [4.69, 9.17) is 4.74 Å². The summed E-state index contributed by atoms with van der Waals surface area (Å²) >= 11 is 0. The van der Waals surface area contributed by atoms with E-state index in [0.717, 1.165) is 45.2 Å². The highest BCUT2D eigenvalue weighted by molar-refractivity contribution is 5.84. The third-order valence-electron chi connectivity index (χ3n) is 8.45. The lowest BCUT2D eigenvalue weighted by Crippen LogP contribution is -2.51. The Morgan fingerprint density at radius 3 is 2.59 bits per heavy atom. The summed E-state index contributed by atoms with van der Waals surface area (Å²) in [6.07, 6.45) is 12.6. The molecule has 3 aliphatic carbocycles. The van der Waals surface area contributed by atoms with E-state index in [1.807, 2.05) is 26.2 Å². The number of hydrogen-bond donors (Lipinski definition) is 0. The van der Waals surface area contributed by atoms with Crippen LogP contribution in [0.3, 0.4) is 0 Å². The minimum atomic E-state index is -0.392. The van der Waals surface area contributed by atoms with Gasteiger partial charge in [0.1, 0.15) is 5.60 Å². The number of esters is 1. The first-order chi connectivity index (χ1) is 17.9. The fourth-order valence-corrected chi connectivity index (χ4v) is 6.31. The predicted octanol–water partition coefficient (Wildman–Crippen LogP) is 6.94. The molecule has 1 aromatic heterocycles. The average Bonchev–Trinajstić information content (AvgIpc) is 2.93. The van der Waals surface area contributed by atoms with Gasteiger partial charge in [0.15, 0.2) is 0 Å². The van der Waals surface area contributed by atoms with Crippen LogP contribution in [0.5, 0.6) is 0 Å². The SMILES string of the molecule is CC(C)C(=O)O[C@@]1(CCN(C)CCCc2cncc3ccccc23)C[C@H]2CC[C@@H]1C=C2c1ccccc1. The second-order valence-electron chi connectivity index (χ2n) is 11.4. The second-order valence-corrected chi connectivity index (χ2v) is 11.4. The van der Waals surface area contributed by atoms with Crippen molar-refractivity contribution in [3.05, 3.63) is 84.2 Å². The van der Waals surface area contributed by atoms with Gasteiger partial charge in [-0.2, -0.15) is 0 Å². The van der Waals surface area contributed by atoms with E-state index in [2.05, 4.69) is 77.6 Å². The number of carbonyl (C=O) groups excluding carboxylic acids is 1. The molecule has 0 aliphatic heterocycles. The molecule has 37 heavy (non-hydrogen) atoms. The van der Waals surface area contributed by atoms with Crippen molar-refractivity contribution in [1.29, 1.82) is 0 Å². The normalized spacial score (nSPS) is 23.0. The molecule has 1 saturated carbocycles. The molecule has 0 N–H and O–H groups in total. The summed E-state index contributed by atoms with van der Waals surface area (Å²) in [5.74, 6) is 0.567. The number of carbonyl (C=O) groups is 1. The molecule has 0 unspecified atom stereocenters. The number of aromatic nitrogens is 1.